The predicted molar refractivity (Wildman–Crippen MR) is 81.7 cm³/mol. The van der Waals surface area contributed by atoms with Crippen LogP contribution in [0.3, 0.4) is 0 Å². The molecule has 6 nitrogen and oxygen atoms in total. The third kappa shape index (κ3) is 4.31. The minimum Gasteiger partial charge on any atom is -0.474 e. The maximum atomic E-state index is 11.0. The normalized spacial score (nSPS) is 21.8. The van der Waals surface area contributed by atoms with Crippen molar-refractivity contribution >= 4 is 11.5 Å². The second-order valence-electron chi connectivity index (χ2n) is 5.52. The first-order valence-corrected chi connectivity index (χ1v) is 7.69. The van der Waals surface area contributed by atoms with Gasteiger partial charge in [0.15, 0.2) is 0 Å². The quantitative estimate of drug-likeness (QED) is 0.638. The molecule has 116 valence electrons. The number of pyridine rings is 1. The first-order chi connectivity index (χ1) is 10.1. The van der Waals surface area contributed by atoms with E-state index < -0.39 is 4.92 Å². The lowest BCUT2D eigenvalue weighted by Gasteiger charge is -2.28. The highest BCUT2D eigenvalue weighted by atomic mass is 16.6. The average Bonchev–Trinajstić information content (AvgIpc) is 2.47. The summed E-state index contributed by atoms with van der Waals surface area (Å²) in [7, 11) is 0. The molecule has 2 atom stereocenters. The lowest BCUT2D eigenvalue weighted by molar-refractivity contribution is -0.384. The molecule has 1 saturated carbocycles. The molecule has 21 heavy (non-hydrogen) atoms. The molecule has 0 bridgehead atoms. The third-order valence-electron chi connectivity index (χ3n) is 3.95. The van der Waals surface area contributed by atoms with Gasteiger partial charge in [0.05, 0.1) is 17.1 Å². The van der Waals surface area contributed by atoms with Gasteiger partial charge in [0.1, 0.15) is 11.9 Å². The van der Waals surface area contributed by atoms with Gasteiger partial charge in [-0.25, -0.2) is 0 Å². The molecule has 1 N–H and O–H groups in total. The Morgan fingerprint density at radius 1 is 1.43 bits per heavy atom. The molecule has 1 aromatic rings. The van der Waals surface area contributed by atoms with E-state index in [1.165, 1.54) is 18.6 Å². The predicted octanol–water partition coefficient (Wildman–Crippen LogP) is 3.77. The molecule has 0 saturated heterocycles. The second kappa shape index (κ2) is 7.24. The fraction of sp³-hybridized carbons (Fsp3) is 0.667. The summed E-state index contributed by atoms with van der Waals surface area (Å²) in [5.74, 6) is 1.53. The molecule has 0 aromatic carbocycles. The molecule has 0 aliphatic heterocycles. The van der Waals surface area contributed by atoms with Gasteiger partial charge in [-0.2, -0.15) is 4.98 Å². The van der Waals surface area contributed by atoms with E-state index in [1.807, 2.05) is 6.92 Å². The highest BCUT2D eigenvalue weighted by Crippen LogP contribution is 2.30. The highest BCUT2D eigenvalue weighted by molar-refractivity contribution is 5.48. The van der Waals surface area contributed by atoms with Crippen molar-refractivity contribution in [3.8, 4) is 5.88 Å². The Morgan fingerprint density at radius 3 is 2.90 bits per heavy atom. The molecule has 2 rings (SSSR count). The Bertz CT molecular complexity index is 493. The minimum absolute atomic E-state index is 0.0128. The van der Waals surface area contributed by atoms with E-state index in [9.17, 15) is 10.1 Å². The van der Waals surface area contributed by atoms with Crippen molar-refractivity contribution in [2.24, 2.45) is 5.92 Å². The van der Waals surface area contributed by atoms with Crippen LogP contribution < -0.4 is 10.1 Å². The summed E-state index contributed by atoms with van der Waals surface area (Å²) in [6, 6.07) is 2.85. The monoisotopic (exact) mass is 293 g/mol. The van der Waals surface area contributed by atoms with Gasteiger partial charge in [-0.1, -0.05) is 19.8 Å². The third-order valence-corrected chi connectivity index (χ3v) is 3.95. The molecule has 1 fully saturated rings. The Morgan fingerprint density at radius 2 is 2.24 bits per heavy atom. The van der Waals surface area contributed by atoms with Gasteiger partial charge >= 0.3 is 0 Å². The van der Waals surface area contributed by atoms with Crippen LogP contribution in [0.2, 0.25) is 0 Å². The van der Waals surface area contributed by atoms with E-state index in [-0.39, 0.29) is 11.8 Å². The SMILES string of the molecule is CCNc1cc([N+](=O)[O-])cc(OC2CCCC(CC)C2)n1. The van der Waals surface area contributed by atoms with Crippen LogP contribution in [0.25, 0.3) is 0 Å². The van der Waals surface area contributed by atoms with Crippen LogP contribution in [0.5, 0.6) is 5.88 Å². The van der Waals surface area contributed by atoms with E-state index in [1.54, 1.807) is 0 Å². The maximum Gasteiger partial charge on any atom is 0.278 e. The molecular formula is C15H23N3O3. The van der Waals surface area contributed by atoms with Gasteiger partial charge in [0.2, 0.25) is 5.88 Å². The average molecular weight is 293 g/mol. The summed E-state index contributed by atoms with van der Waals surface area (Å²) < 4.78 is 5.91. The summed E-state index contributed by atoms with van der Waals surface area (Å²) in [6.07, 6.45) is 5.69. The molecule has 0 amide bonds. The standard InChI is InChI=1S/C15H23N3O3/c1-3-11-6-5-7-13(8-11)21-15-10-12(18(19)20)9-14(17-15)16-4-2/h9-11,13H,3-8H2,1-2H3,(H,16,17). The van der Waals surface area contributed by atoms with Crippen molar-refractivity contribution in [2.45, 2.75) is 52.1 Å². The Balaban J connectivity index is 2.12. The number of aromatic nitrogens is 1. The minimum atomic E-state index is -0.412. The van der Waals surface area contributed by atoms with Gasteiger partial charge in [0, 0.05) is 6.54 Å². The first-order valence-electron chi connectivity index (χ1n) is 7.69. The fourth-order valence-corrected chi connectivity index (χ4v) is 2.82. The lowest BCUT2D eigenvalue weighted by atomic mass is 9.85. The molecule has 1 aliphatic rings. The lowest BCUT2D eigenvalue weighted by Crippen LogP contribution is -2.25. The van der Waals surface area contributed by atoms with Gasteiger partial charge in [-0.15, -0.1) is 0 Å². The smallest absolute Gasteiger partial charge is 0.278 e. The van der Waals surface area contributed by atoms with Crippen molar-refractivity contribution < 1.29 is 9.66 Å². The van der Waals surface area contributed by atoms with Crippen molar-refractivity contribution in [3.05, 3.63) is 22.2 Å². The summed E-state index contributed by atoms with van der Waals surface area (Å²) in [5, 5.41) is 14.0. The zero-order valence-electron chi connectivity index (χ0n) is 12.7. The van der Waals surface area contributed by atoms with Crippen molar-refractivity contribution in [1.29, 1.82) is 0 Å². The molecule has 1 aliphatic carbocycles. The van der Waals surface area contributed by atoms with Crippen LogP contribution in [0, 0.1) is 16.0 Å². The zero-order valence-corrected chi connectivity index (χ0v) is 12.7. The number of anilines is 1. The van der Waals surface area contributed by atoms with E-state index >= 15 is 0 Å². The summed E-state index contributed by atoms with van der Waals surface area (Å²) in [6.45, 7) is 4.78. The second-order valence-corrected chi connectivity index (χ2v) is 5.52. The number of nitrogens with zero attached hydrogens (tertiary/aromatic N) is 2. The number of hydrogen-bond acceptors (Lipinski definition) is 5. The number of hydrogen-bond donors (Lipinski definition) is 1. The Hall–Kier alpha value is -1.85. The van der Waals surface area contributed by atoms with Gasteiger partial charge in [-0.3, -0.25) is 10.1 Å². The molecule has 0 radical (unpaired) electrons. The Kier molecular flexibility index (Phi) is 5.36. The maximum absolute atomic E-state index is 11.0. The highest BCUT2D eigenvalue weighted by Gasteiger charge is 2.23. The van der Waals surface area contributed by atoms with E-state index in [0.717, 1.165) is 25.7 Å². The largest absolute Gasteiger partial charge is 0.474 e. The summed E-state index contributed by atoms with van der Waals surface area (Å²) in [4.78, 5) is 14.9. The van der Waals surface area contributed by atoms with Crippen LogP contribution >= 0.6 is 0 Å². The van der Waals surface area contributed by atoms with E-state index in [2.05, 4.69) is 17.2 Å². The van der Waals surface area contributed by atoms with E-state index in [4.69, 9.17) is 4.74 Å². The van der Waals surface area contributed by atoms with Crippen LogP contribution in [-0.4, -0.2) is 22.6 Å². The van der Waals surface area contributed by atoms with Crippen LogP contribution in [0.15, 0.2) is 12.1 Å². The topological polar surface area (TPSA) is 77.3 Å². The van der Waals surface area contributed by atoms with Crippen LogP contribution in [0.4, 0.5) is 11.5 Å². The molecule has 0 spiro atoms. The van der Waals surface area contributed by atoms with Crippen molar-refractivity contribution in [2.75, 3.05) is 11.9 Å². The first kappa shape index (κ1) is 15.5. The number of nitrogens with one attached hydrogen (secondary N) is 1. The van der Waals surface area contributed by atoms with Crippen molar-refractivity contribution in [1.82, 2.24) is 4.98 Å². The van der Waals surface area contributed by atoms with Crippen molar-refractivity contribution in [3.63, 3.8) is 0 Å². The number of ether oxygens (including phenoxy) is 1. The number of rotatable bonds is 6. The Labute approximate surface area is 125 Å². The van der Waals surface area contributed by atoms with Crippen LogP contribution in [-0.2, 0) is 0 Å². The fourth-order valence-electron chi connectivity index (χ4n) is 2.82. The molecular weight excluding hydrogens is 270 g/mol. The molecule has 6 heteroatoms. The van der Waals surface area contributed by atoms with Gasteiger partial charge in [0.25, 0.3) is 5.69 Å². The molecule has 1 heterocycles. The van der Waals surface area contributed by atoms with Crippen LogP contribution in [0.1, 0.15) is 46.0 Å². The number of nitro groups is 1. The molecule has 1 aromatic heterocycles. The molecule has 2 unspecified atom stereocenters. The zero-order chi connectivity index (χ0) is 15.2. The van der Waals surface area contributed by atoms with Gasteiger partial charge < -0.3 is 10.1 Å². The summed E-state index contributed by atoms with van der Waals surface area (Å²) in [5.41, 5.74) is 0.0128. The van der Waals surface area contributed by atoms with E-state index in [0.29, 0.717) is 24.2 Å². The van der Waals surface area contributed by atoms with Gasteiger partial charge in [-0.05, 0) is 32.1 Å². The summed E-state index contributed by atoms with van der Waals surface area (Å²) >= 11 is 0.